The number of aromatic nitrogens is 1. The highest BCUT2D eigenvalue weighted by molar-refractivity contribution is 6.21. The number of nitrogens with zero attached hydrogens (tertiary/aromatic N) is 3. The third-order valence-corrected chi connectivity index (χ3v) is 6.83. The summed E-state index contributed by atoms with van der Waals surface area (Å²) in [5, 5.41) is 18.0. The van der Waals surface area contributed by atoms with Crippen molar-refractivity contribution in [1.29, 1.82) is 0 Å². The van der Waals surface area contributed by atoms with Gasteiger partial charge in [0.05, 0.1) is 24.3 Å². The first-order chi connectivity index (χ1) is 16.9. The number of rotatable bonds is 7. The maximum absolute atomic E-state index is 13.1. The highest BCUT2D eigenvalue weighted by Crippen LogP contribution is 2.29. The lowest BCUT2D eigenvalue weighted by molar-refractivity contribution is -0.489. The normalized spacial score (nSPS) is 28.1. The van der Waals surface area contributed by atoms with E-state index in [4.69, 9.17) is 10.5 Å². The molecule has 1 aromatic heterocycles. The number of pyridine rings is 1. The summed E-state index contributed by atoms with van der Waals surface area (Å²) in [6.07, 6.45) is 8.98. The van der Waals surface area contributed by atoms with Crippen LogP contribution in [0.2, 0.25) is 0 Å². The van der Waals surface area contributed by atoms with Gasteiger partial charge in [0, 0.05) is 32.6 Å². The number of carbonyl (C=O) groups is 1. The van der Waals surface area contributed by atoms with E-state index in [-0.39, 0.29) is 46.8 Å². The zero-order valence-electron chi connectivity index (χ0n) is 20.1. The van der Waals surface area contributed by atoms with Gasteiger partial charge in [-0.2, -0.15) is 4.99 Å². The fourth-order valence-electron chi connectivity index (χ4n) is 4.89. The molecular weight excluding hydrogens is 450 g/mol. The molecule has 0 aromatic carbocycles. The molecule has 11 nitrogen and oxygen atoms in total. The SMILES string of the molecule is CNC1=CC(=Nc2cccn(C3CCCC3O)c2=O)N=C(C(=CN)C(=O)NC2CCC(OC)C2)[NH2+]1. The minimum atomic E-state index is -0.546. The van der Waals surface area contributed by atoms with Gasteiger partial charge in [-0.3, -0.25) is 9.59 Å². The van der Waals surface area contributed by atoms with E-state index in [1.54, 1.807) is 48.4 Å². The molecule has 3 aliphatic rings. The van der Waals surface area contributed by atoms with Crippen LogP contribution in [0.3, 0.4) is 0 Å². The minimum absolute atomic E-state index is 0.00719. The Morgan fingerprint density at radius 3 is 2.86 bits per heavy atom. The van der Waals surface area contributed by atoms with Crippen molar-refractivity contribution in [2.45, 2.75) is 62.8 Å². The lowest BCUT2D eigenvalue weighted by Gasteiger charge is -2.18. The predicted octanol–water partition coefficient (Wildman–Crippen LogP) is -0.473. The van der Waals surface area contributed by atoms with E-state index < -0.39 is 6.10 Å². The largest absolute Gasteiger partial charge is 0.404 e. The molecule has 1 aliphatic heterocycles. The molecule has 1 aromatic rings. The van der Waals surface area contributed by atoms with Gasteiger partial charge in [0.1, 0.15) is 11.3 Å². The Labute approximate surface area is 203 Å². The fourth-order valence-corrected chi connectivity index (χ4v) is 4.89. The maximum Gasteiger partial charge on any atom is 0.276 e. The molecule has 4 rings (SSSR count). The van der Waals surface area contributed by atoms with Crippen LogP contribution in [-0.2, 0) is 9.53 Å². The number of carbonyl (C=O) groups excluding carboxylic acids is 1. The predicted molar refractivity (Wildman–Crippen MR) is 132 cm³/mol. The summed E-state index contributed by atoms with van der Waals surface area (Å²) >= 11 is 0. The first kappa shape index (κ1) is 24.8. The van der Waals surface area contributed by atoms with Crippen LogP contribution >= 0.6 is 0 Å². The standard InChI is InChI=1S/C24H33N7O4/c1-26-20-12-21(28-17-5-4-10-31(24(17)34)18-6-3-7-19(18)32)30-22(29-20)16(13-25)23(33)27-14-8-9-15(11-14)35-2/h4-5,10,12-15,18-19,32H,3,6-9,11,25H2,1-2H3,(H,27,33)(H2,26,28,29,30)/p+1. The van der Waals surface area contributed by atoms with E-state index in [0.717, 1.165) is 32.1 Å². The summed E-state index contributed by atoms with van der Waals surface area (Å²) < 4.78 is 6.94. The molecule has 4 atom stereocenters. The van der Waals surface area contributed by atoms with Crippen LogP contribution in [0, 0.1) is 0 Å². The quantitative estimate of drug-likeness (QED) is 0.329. The second-order valence-electron chi connectivity index (χ2n) is 9.05. The van der Waals surface area contributed by atoms with Crippen molar-refractivity contribution in [3.63, 3.8) is 0 Å². The summed E-state index contributed by atoms with van der Waals surface area (Å²) in [7, 11) is 3.42. The van der Waals surface area contributed by atoms with Crippen molar-refractivity contribution in [2.75, 3.05) is 14.2 Å². The summed E-state index contributed by atoms with van der Waals surface area (Å²) in [5.41, 5.74) is 5.97. The Bertz CT molecular complexity index is 1140. The Morgan fingerprint density at radius 2 is 2.20 bits per heavy atom. The van der Waals surface area contributed by atoms with Gasteiger partial charge in [-0.15, -0.1) is 0 Å². The molecule has 7 N–H and O–H groups in total. The molecule has 2 aliphatic carbocycles. The van der Waals surface area contributed by atoms with Crippen molar-refractivity contribution >= 4 is 23.3 Å². The second kappa shape index (κ2) is 11.0. The molecule has 0 spiro atoms. The van der Waals surface area contributed by atoms with Gasteiger partial charge in [-0.1, -0.05) is 0 Å². The zero-order chi connectivity index (χ0) is 24.9. The fraction of sp³-hybridized carbons (Fsp3) is 0.500. The van der Waals surface area contributed by atoms with Crippen LogP contribution < -0.4 is 27.2 Å². The number of aliphatic imine (C=N–C) groups is 2. The lowest BCUT2D eigenvalue weighted by atomic mass is 10.1. The minimum Gasteiger partial charge on any atom is -0.404 e. The van der Waals surface area contributed by atoms with Crippen molar-refractivity contribution in [3.8, 4) is 0 Å². The van der Waals surface area contributed by atoms with Gasteiger partial charge in [-0.05, 0) is 50.7 Å². The number of hydrogen-bond acceptors (Lipinski definition) is 7. The molecule has 2 heterocycles. The Morgan fingerprint density at radius 1 is 1.37 bits per heavy atom. The van der Waals surface area contributed by atoms with Crippen molar-refractivity contribution in [3.05, 3.63) is 52.4 Å². The van der Waals surface area contributed by atoms with Crippen LogP contribution in [0.5, 0.6) is 0 Å². The molecule has 2 fully saturated rings. The Balaban J connectivity index is 1.60. The topological polar surface area (TPSA) is 160 Å². The molecular formula is C24H34N7O4+. The number of hydrogen-bond donors (Lipinski definition) is 5. The molecule has 0 bridgehead atoms. The molecule has 188 valence electrons. The smallest absolute Gasteiger partial charge is 0.276 e. The number of aliphatic hydroxyl groups is 1. The first-order valence-electron chi connectivity index (χ1n) is 12.0. The molecule has 35 heavy (non-hydrogen) atoms. The third kappa shape index (κ3) is 5.53. The van der Waals surface area contributed by atoms with E-state index in [1.165, 1.54) is 6.20 Å². The number of amidine groups is 2. The average Bonchev–Trinajstić information content (AvgIpc) is 3.49. The molecule has 4 unspecified atom stereocenters. The van der Waals surface area contributed by atoms with E-state index in [9.17, 15) is 14.7 Å². The van der Waals surface area contributed by atoms with Gasteiger partial charge in [0.2, 0.25) is 11.7 Å². The second-order valence-corrected chi connectivity index (χ2v) is 9.05. The van der Waals surface area contributed by atoms with Crippen LogP contribution in [-0.4, -0.2) is 59.7 Å². The highest BCUT2D eigenvalue weighted by atomic mass is 16.5. The Kier molecular flexibility index (Phi) is 7.79. The summed E-state index contributed by atoms with van der Waals surface area (Å²) in [6, 6.07) is 3.11. The number of amides is 1. The van der Waals surface area contributed by atoms with Gasteiger partial charge in [0.25, 0.3) is 11.5 Å². The number of nitrogens with two attached hydrogens (primary N) is 2. The van der Waals surface area contributed by atoms with Crippen LogP contribution in [0.4, 0.5) is 5.69 Å². The molecule has 1 amide bonds. The van der Waals surface area contributed by atoms with Crippen LogP contribution in [0.1, 0.15) is 44.6 Å². The molecule has 0 saturated heterocycles. The van der Waals surface area contributed by atoms with Crippen LogP contribution in [0.25, 0.3) is 0 Å². The number of quaternary nitrogens is 1. The third-order valence-electron chi connectivity index (χ3n) is 6.83. The maximum atomic E-state index is 13.1. The molecule has 11 heteroatoms. The van der Waals surface area contributed by atoms with Gasteiger partial charge >= 0.3 is 0 Å². The number of methoxy groups -OCH3 is 1. The lowest BCUT2D eigenvalue weighted by Crippen LogP contribution is -2.90. The summed E-state index contributed by atoms with van der Waals surface area (Å²) in [6.45, 7) is 0. The van der Waals surface area contributed by atoms with Gasteiger partial charge in [-0.25, -0.2) is 10.3 Å². The zero-order valence-corrected chi connectivity index (χ0v) is 20.1. The van der Waals surface area contributed by atoms with E-state index >= 15 is 0 Å². The summed E-state index contributed by atoms with van der Waals surface area (Å²) in [5.74, 6) is 0.961. The number of ether oxygens (including phenoxy) is 1. The van der Waals surface area contributed by atoms with Crippen LogP contribution in [0.15, 0.2) is 56.8 Å². The molecule has 2 saturated carbocycles. The number of aliphatic hydroxyl groups excluding tert-OH is 1. The number of nitrogens with one attached hydrogen (secondary N) is 2. The van der Waals surface area contributed by atoms with E-state index in [0.29, 0.717) is 18.1 Å². The Hall–Kier alpha value is -3.28. The average molecular weight is 485 g/mol. The van der Waals surface area contributed by atoms with Gasteiger partial charge in [0.15, 0.2) is 5.84 Å². The first-order valence-corrected chi connectivity index (χ1v) is 12.0. The highest BCUT2D eigenvalue weighted by Gasteiger charge is 2.31. The van der Waals surface area contributed by atoms with E-state index in [2.05, 4.69) is 20.6 Å². The van der Waals surface area contributed by atoms with E-state index in [1.807, 2.05) is 0 Å². The van der Waals surface area contributed by atoms with Crippen molar-refractivity contribution < 1.29 is 20.0 Å². The summed E-state index contributed by atoms with van der Waals surface area (Å²) in [4.78, 5) is 35.1. The molecule has 0 radical (unpaired) electrons. The van der Waals surface area contributed by atoms with Gasteiger partial charge < -0.3 is 30.8 Å². The van der Waals surface area contributed by atoms with Crippen molar-refractivity contribution in [2.24, 2.45) is 15.7 Å². The monoisotopic (exact) mass is 484 g/mol. The van der Waals surface area contributed by atoms with Crippen molar-refractivity contribution in [1.82, 2.24) is 15.2 Å².